The molecule has 0 aromatic heterocycles. The van der Waals surface area contributed by atoms with Gasteiger partial charge in [-0.1, -0.05) is 148 Å². The summed E-state index contributed by atoms with van der Waals surface area (Å²) in [6.45, 7) is 29.1. The molecule has 0 spiro atoms. The van der Waals surface area contributed by atoms with Crippen LogP contribution >= 0.6 is 0 Å². The third kappa shape index (κ3) is 47.6. The maximum Gasteiger partial charge on any atom is -0.0198 e. The molecule has 0 aliphatic heterocycles. The molecule has 0 heteroatoms. The van der Waals surface area contributed by atoms with Crippen LogP contribution in [0.5, 0.6) is 0 Å². The average Bonchev–Trinajstić information content (AvgIpc) is 2.76. The molecule has 31 heavy (non-hydrogen) atoms. The summed E-state index contributed by atoms with van der Waals surface area (Å²) in [6, 6.07) is 10.3. The highest BCUT2D eigenvalue weighted by molar-refractivity contribution is 5.11. The van der Waals surface area contributed by atoms with Gasteiger partial charge in [0.1, 0.15) is 0 Å². The highest BCUT2D eigenvalue weighted by Gasteiger charge is 1.99. The minimum atomic E-state index is 0.500. The Morgan fingerprint density at radius 2 is 1.39 bits per heavy atom. The van der Waals surface area contributed by atoms with Crippen molar-refractivity contribution in [1.29, 1.82) is 0 Å². The van der Waals surface area contributed by atoms with Crippen molar-refractivity contribution < 1.29 is 0 Å². The van der Waals surface area contributed by atoms with Gasteiger partial charge in [0.25, 0.3) is 0 Å². The molecule has 0 N–H and O–H groups in total. The van der Waals surface area contributed by atoms with Crippen molar-refractivity contribution in [2.45, 2.75) is 109 Å². The molecule has 0 bridgehead atoms. The smallest absolute Gasteiger partial charge is 0.0198 e. The molecule has 0 nitrogen and oxygen atoms in total. The van der Waals surface area contributed by atoms with E-state index in [0.717, 1.165) is 11.8 Å². The molecule has 1 aliphatic rings. The molecule has 1 aromatic rings. The van der Waals surface area contributed by atoms with E-state index in [2.05, 4.69) is 105 Å². The van der Waals surface area contributed by atoms with Gasteiger partial charge < -0.3 is 0 Å². The number of rotatable bonds is 3. The van der Waals surface area contributed by atoms with Crippen molar-refractivity contribution in [3.63, 3.8) is 0 Å². The van der Waals surface area contributed by atoms with Gasteiger partial charge in [-0.05, 0) is 43.9 Å². The summed E-state index contributed by atoms with van der Waals surface area (Å²) in [7, 11) is 0. The summed E-state index contributed by atoms with van der Waals surface area (Å²) in [4.78, 5) is 0. The lowest BCUT2D eigenvalue weighted by Crippen LogP contribution is -1.93. The standard InChI is InChI=1S/C8H12.C7H8.C6H14.C5H12.C3H6.C2H6/c1-2-8-6-4-3-5-7-8;1-7-5-3-2-4-6-7;1-4-6(3)5-2;1-5(2,3)4;1-3-2;1-2/h3-6,8H,2,7H2,1H3;2-6H,1H3;6H,4-5H2,1-3H3;1-4H3;3H,1H2,2H3;1-2H3. The van der Waals surface area contributed by atoms with Gasteiger partial charge >= 0.3 is 0 Å². The molecule has 1 atom stereocenters. The monoisotopic (exact) mass is 430 g/mol. The Morgan fingerprint density at radius 3 is 1.55 bits per heavy atom. The lowest BCUT2D eigenvalue weighted by Gasteiger charge is -2.07. The topological polar surface area (TPSA) is 0 Å². The van der Waals surface area contributed by atoms with Crippen LogP contribution in [0.15, 0.2) is 67.3 Å². The van der Waals surface area contributed by atoms with Crippen molar-refractivity contribution in [1.82, 2.24) is 0 Å². The van der Waals surface area contributed by atoms with Crippen molar-refractivity contribution in [2.24, 2.45) is 17.3 Å². The predicted molar refractivity (Wildman–Crippen MR) is 150 cm³/mol. The summed E-state index contributed by atoms with van der Waals surface area (Å²) in [5, 5.41) is 0. The Balaban J connectivity index is -0.000000148. The number of benzene rings is 1. The Morgan fingerprint density at radius 1 is 0.968 bits per heavy atom. The third-order valence-electron chi connectivity index (χ3n) is 3.93. The Hall–Kier alpha value is -1.56. The maximum absolute atomic E-state index is 3.36. The summed E-state index contributed by atoms with van der Waals surface area (Å²) in [6.07, 6.45) is 15.7. The highest BCUT2D eigenvalue weighted by atomic mass is 14.0. The number of allylic oxidation sites excluding steroid dienone is 5. The highest BCUT2D eigenvalue weighted by Crippen LogP contribution is 2.13. The largest absolute Gasteiger partial charge is 0.103 e. The van der Waals surface area contributed by atoms with Crippen LogP contribution in [-0.4, -0.2) is 0 Å². The summed E-state index contributed by atoms with van der Waals surface area (Å²) < 4.78 is 0. The molecule has 1 unspecified atom stereocenters. The zero-order valence-corrected chi connectivity index (χ0v) is 23.5. The van der Waals surface area contributed by atoms with Crippen molar-refractivity contribution in [2.75, 3.05) is 0 Å². The molecule has 2 rings (SSSR count). The van der Waals surface area contributed by atoms with Crippen LogP contribution in [0.1, 0.15) is 107 Å². The third-order valence-corrected chi connectivity index (χ3v) is 3.93. The Labute approximate surface area is 199 Å². The van der Waals surface area contributed by atoms with Crippen LogP contribution in [0.4, 0.5) is 0 Å². The molecule has 0 heterocycles. The predicted octanol–water partition coefficient (Wildman–Crippen LogP) is 11.2. The minimum Gasteiger partial charge on any atom is -0.103 e. The molecular formula is C31H58. The summed E-state index contributed by atoms with van der Waals surface area (Å²) >= 11 is 0. The molecule has 1 aliphatic carbocycles. The molecule has 0 saturated carbocycles. The van der Waals surface area contributed by atoms with Gasteiger partial charge in [0.2, 0.25) is 0 Å². The van der Waals surface area contributed by atoms with E-state index in [1.165, 1.54) is 31.2 Å². The van der Waals surface area contributed by atoms with Crippen LogP contribution in [0, 0.1) is 24.2 Å². The van der Waals surface area contributed by atoms with E-state index in [-0.39, 0.29) is 0 Å². The molecule has 0 amide bonds. The van der Waals surface area contributed by atoms with Gasteiger partial charge in [-0.3, -0.25) is 0 Å². The zero-order chi connectivity index (χ0) is 25.1. The zero-order valence-electron chi connectivity index (χ0n) is 23.5. The van der Waals surface area contributed by atoms with Gasteiger partial charge in [0.05, 0.1) is 0 Å². The van der Waals surface area contributed by atoms with Crippen LogP contribution in [0.25, 0.3) is 0 Å². The van der Waals surface area contributed by atoms with E-state index in [4.69, 9.17) is 0 Å². The second-order valence-electron chi connectivity index (χ2n) is 9.20. The van der Waals surface area contributed by atoms with E-state index < -0.39 is 0 Å². The SMILES string of the molecule is C=CC.CC.CC(C)(C)C.CCC(C)CC.CCC1C=CC=CC1.Cc1ccccc1. The van der Waals surface area contributed by atoms with E-state index in [1.807, 2.05) is 39.0 Å². The van der Waals surface area contributed by atoms with Crippen molar-refractivity contribution in [3.05, 3.63) is 72.9 Å². The lowest BCUT2D eigenvalue weighted by atomic mass is 9.99. The second kappa shape index (κ2) is 28.4. The van der Waals surface area contributed by atoms with Crippen molar-refractivity contribution in [3.8, 4) is 0 Å². The normalized spacial score (nSPS) is 13.3. The van der Waals surface area contributed by atoms with Crippen LogP contribution in [0.2, 0.25) is 0 Å². The molecule has 0 radical (unpaired) electrons. The maximum atomic E-state index is 3.36. The molecule has 1 aromatic carbocycles. The molecule has 182 valence electrons. The summed E-state index contributed by atoms with van der Waals surface area (Å²) in [5.41, 5.74) is 1.82. The van der Waals surface area contributed by atoms with Gasteiger partial charge in [0.15, 0.2) is 0 Å². The van der Waals surface area contributed by atoms with E-state index in [9.17, 15) is 0 Å². The Kier molecular flexibility index (Phi) is 33.8. The molecule has 0 saturated heterocycles. The van der Waals surface area contributed by atoms with Crippen LogP contribution in [0.3, 0.4) is 0 Å². The first-order valence-electron chi connectivity index (χ1n) is 12.5. The first kappa shape index (κ1) is 36.8. The lowest BCUT2D eigenvalue weighted by molar-refractivity contribution is 0.469. The average molecular weight is 431 g/mol. The van der Waals surface area contributed by atoms with E-state index in [0.29, 0.717) is 5.41 Å². The second-order valence-corrected chi connectivity index (χ2v) is 9.20. The van der Waals surface area contributed by atoms with Gasteiger partial charge in [-0.15, -0.1) is 6.58 Å². The quantitative estimate of drug-likeness (QED) is 0.418. The first-order chi connectivity index (χ1) is 14.5. The fourth-order valence-electron chi connectivity index (χ4n) is 1.76. The fraction of sp³-hybridized carbons (Fsp3) is 0.613. The number of aryl methyl sites for hydroxylation is 1. The molecular weight excluding hydrogens is 372 g/mol. The van der Waals surface area contributed by atoms with Crippen LogP contribution in [-0.2, 0) is 0 Å². The van der Waals surface area contributed by atoms with E-state index >= 15 is 0 Å². The number of hydrogen-bond acceptors (Lipinski definition) is 0. The van der Waals surface area contributed by atoms with Gasteiger partial charge in [-0.2, -0.15) is 0 Å². The summed E-state index contributed by atoms with van der Waals surface area (Å²) in [5.74, 6) is 1.75. The fourth-order valence-corrected chi connectivity index (χ4v) is 1.76. The number of hydrogen-bond donors (Lipinski definition) is 0. The first-order valence-corrected chi connectivity index (χ1v) is 12.5. The Bertz CT molecular complexity index is 475. The van der Waals surface area contributed by atoms with E-state index in [1.54, 1.807) is 6.08 Å². The minimum absolute atomic E-state index is 0.500. The molecule has 0 fully saturated rings. The van der Waals surface area contributed by atoms with Crippen molar-refractivity contribution >= 4 is 0 Å². The van der Waals surface area contributed by atoms with Gasteiger partial charge in [-0.25, -0.2) is 0 Å². The van der Waals surface area contributed by atoms with Gasteiger partial charge in [0, 0.05) is 0 Å². The van der Waals surface area contributed by atoms with Crippen LogP contribution < -0.4 is 0 Å².